The summed E-state index contributed by atoms with van der Waals surface area (Å²) in [5.74, 6) is -1.32. The number of imide groups is 2. The second-order valence-corrected chi connectivity index (χ2v) is 6.96. The molecule has 1 N–H and O–H groups in total. The molecule has 6 nitrogen and oxygen atoms in total. The Kier molecular flexibility index (Phi) is 4.11. The van der Waals surface area contributed by atoms with Crippen molar-refractivity contribution in [2.24, 2.45) is 7.05 Å². The third-order valence-corrected chi connectivity index (χ3v) is 4.93. The number of nitrogens with one attached hydrogen (secondary N) is 1. The van der Waals surface area contributed by atoms with E-state index in [0.717, 1.165) is 32.5 Å². The first-order valence-electron chi connectivity index (χ1n) is 8.89. The Balaban J connectivity index is 1.84. The van der Waals surface area contributed by atoms with E-state index in [4.69, 9.17) is 0 Å². The largest absolute Gasteiger partial charge is 0.350 e. The highest BCUT2D eigenvalue weighted by atomic mass is 16.2. The summed E-state index contributed by atoms with van der Waals surface area (Å²) >= 11 is 0. The molecule has 1 fully saturated rings. The molecule has 0 spiro atoms. The lowest BCUT2D eigenvalue weighted by atomic mass is 10.0. The predicted molar refractivity (Wildman–Crippen MR) is 108 cm³/mol. The number of rotatable bonds is 2. The van der Waals surface area contributed by atoms with Crippen molar-refractivity contribution in [1.82, 2.24) is 9.88 Å². The first kappa shape index (κ1) is 17.7. The number of carbonyl (C=O) groups is 3. The molecule has 3 aromatic rings. The fraction of sp³-hybridized carbons (Fsp3) is 0.136. The van der Waals surface area contributed by atoms with Gasteiger partial charge in [0.1, 0.15) is 5.57 Å². The van der Waals surface area contributed by atoms with Crippen LogP contribution in [0, 0.1) is 13.8 Å². The summed E-state index contributed by atoms with van der Waals surface area (Å²) in [6, 6.07) is 12.5. The molecule has 28 heavy (non-hydrogen) atoms. The average Bonchev–Trinajstić information content (AvgIpc) is 2.97. The Morgan fingerprint density at radius 2 is 1.75 bits per heavy atom. The van der Waals surface area contributed by atoms with E-state index in [1.165, 1.54) is 0 Å². The topological polar surface area (TPSA) is 71.4 Å². The number of nitrogens with zero attached hydrogens (tertiary/aromatic N) is 2. The third-order valence-electron chi connectivity index (χ3n) is 4.93. The molecule has 0 radical (unpaired) electrons. The average molecular weight is 373 g/mol. The molecule has 2 heterocycles. The first-order valence-corrected chi connectivity index (χ1v) is 8.89. The smallest absolute Gasteiger partial charge is 0.335 e. The minimum absolute atomic E-state index is 0.0724. The highest BCUT2D eigenvalue weighted by Gasteiger charge is 2.37. The Bertz CT molecular complexity index is 1190. The number of fused-ring (bicyclic) bond motifs is 1. The number of hydrogen-bond acceptors (Lipinski definition) is 3. The molecule has 0 unspecified atom stereocenters. The number of anilines is 1. The second kappa shape index (κ2) is 6.49. The van der Waals surface area contributed by atoms with Crippen LogP contribution in [0.2, 0.25) is 0 Å². The van der Waals surface area contributed by atoms with E-state index in [9.17, 15) is 14.4 Å². The van der Waals surface area contributed by atoms with E-state index in [2.05, 4.69) is 5.32 Å². The van der Waals surface area contributed by atoms with Gasteiger partial charge in [-0.2, -0.15) is 0 Å². The van der Waals surface area contributed by atoms with Gasteiger partial charge in [0.2, 0.25) is 0 Å². The zero-order valence-electron chi connectivity index (χ0n) is 15.8. The van der Waals surface area contributed by atoms with Gasteiger partial charge in [0.05, 0.1) is 5.69 Å². The van der Waals surface area contributed by atoms with Gasteiger partial charge in [-0.1, -0.05) is 30.3 Å². The molecular formula is C22H19N3O3. The maximum absolute atomic E-state index is 13.1. The van der Waals surface area contributed by atoms with Gasteiger partial charge in [-0.3, -0.25) is 14.9 Å². The van der Waals surface area contributed by atoms with Crippen LogP contribution in [0.3, 0.4) is 0 Å². The van der Waals surface area contributed by atoms with Crippen molar-refractivity contribution in [3.8, 4) is 0 Å². The Morgan fingerprint density at radius 3 is 2.54 bits per heavy atom. The predicted octanol–water partition coefficient (Wildman–Crippen LogP) is 3.46. The van der Waals surface area contributed by atoms with Crippen molar-refractivity contribution in [1.29, 1.82) is 0 Å². The van der Waals surface area contributed by atoms with Gasteiger partial charge in [0.15, 0.2) is 0 Å². The molecule has 140 valence electrons. The van der Waals surface area contributed by atoms with Gasteiger partial charge in [-0.05, 0) is 43.2 Å². The van der Waals surface area contributed by atoms with Crippen LogP contribution >= 0.6 is 0 Å². The minimum Gasteiger partial charge on any atom is -0.350 e. The minimum atomic E-state index is -0.737. The van der Waals surface area contributed by atoms with Gasteiger partial charge in [0, 0.05) is 29.7 Å². The van der Waals surface area contributed by atoms with Crippen molar-refractivity contribution < 1.29 is 14.4 Å². The number of para-hydroxylation sites is 1. The number of aromatic nitrogens is 1. The van der Waals surface area contributed by atoms with E-state index in [1.807, 2.05) is 68.1 Å². The number of urea groups is 1. The van der Waals surface area contributed by atoms with Gasteiger partial charge in [-0.15, -0.1) is 0 Å². The Morgan fingerprint density at radius 1 is 1.00 bits per heavy atom. The highest BCUT2D eigenvalue weighted by Crippen LogP contribution is 2.28. The lowest BCUT2D eigenvalue weighted by Crippen LogP contribution is -2.54. The van der Waals surface area contributed by atoms with Crippen molar-refractivity contribution in [3.63, 3.8) is 0 Å². The standard InChI is InChI=1S/C22H19N3O3/c1-13-8-9-14(2)19(10-13)25-21(27)17(20(26)23-22(25)28)11-15-12-24(3)18-7-5-4-6-16(15)18/h4-12H,1-3H3,(H,23,26,28). The number of benzene rings is 2. The number of hydrogen-bond donors (Lipinski definition) is 1. The quantitative estimate of drug-likeness (QED) is 0.552. The van der Waals surface area contributed by atoms with Crippen LogP contribution in [0.25, 0.3) is 17.0 Å². The molecule has 1 saturated heterocycles. The van der Waals surface area contributed by atoms with Crippen LogP contribution in [0.15, 0.2) is 54.2 Å². The van der Waals surface area contributed by atoms with E-state index in [0.29, 0.717) is 5.69 Å². The van der Waals surface area contributed by atoms with Crippen LogP contribution in [-0.4, -0.2) is 22.4 Å². The number of barbiturate groups is 1. The van der Waals surface area contributed by atoms with E-state index < -0.39 is 17.8 Å². The molecule has 1 aromatic heterocycles. The van der Waals surface area contributed by atoms with E-state index in [-0.39, 0.29) is 5.57 Å². The zero-order valence-corrected chi connectivity index (χ0v) is 15.8. The summed E-state index contributed by atoms with van der Waals surface area (Å²) in [6.45, 7) is 3.70. The SMILES string of the molecule is Cc1ccc(C)c(N2C(=O)NC(=O)C(=Cc3cn(C)c4ccccc34)C2=O)c1. The molecule has 6 heteroatoms. The highest BCUT2D eigenvalue weighted by molar-refractivity contribution is 6.39. The Labute approximate surface area is 162 Å². The zero-order chi connectivity index (χ0) is 20.0. The van der Waals surface area contributed by atoms with Crippen molar-refractivity contribution in [2.75, 3.05) is 4.90 Å². The molecule has 4 rings (SSSR count). The van der Waals surface area contributed by atoms with Gasteiger partial charge in [0.25, 0.3) is 11.8 Å². The van der Waals surface area contributed by atoms with Crippen molar-refractivity contribution in [3.05, 3.63) is 70.9 Å². The molecule has 4 amide bonds. The summed E-state index contributed by atoms with van der Waals surface area (Å²) in [4.78, 5) is 39.0. The third kappa shape index (κ3) is 2.79. The molecule has 0 bridgehead atoms. The Hall–Kier alpha value is -3.67. The summed E-state index contributed by atoms with van der Waals surface area (Å²) in [7, 11) is 1.90. The molecule has 1 aliphatic heterocycles. The summed E-state index contributed by atoms with van der Waals surface area (Å²) < 4.78 is 1.93. The lowest BCUT2D eigenvalue weighted by Gasteiger charge is -2.27. The number of carbonyl (C=O) groups excluding carboxylic acids is 3. The van der Waals surface area contributed by atoms with E-state index >= 15 is 0 Å². The van der Waals surface area contributed by atoms with Crippen LogP contribution in [-0.2, 0) is 16.6 Å². The van der Waals surface area contributed by atoms with Crippen molar-refractivity contribution >= 4 is 40.5 Å². The number of aryl methyl sites for hydroxylation is 3. The fourth-order valence-corrected chi connectivity index (χ4v) is 3.48. The summed E-state index contributed by atoms with van der Waals surface area (Å²) in [6.07, 6.45) is 3.40. The first-order chi connectivity index (χ1) is 13.4. The van der Waals surface area contributed by atoms with Crippen LogP contribution in [0.5, 0.6) is 0 Å². The summed E-state index contributed by atoms with van der Waals surface area (Å²) in [5, 5.41) is 3.21. The monoisotopic (exact) mass is 373 g/mol. The van der Waals surface area contributed by atoms with Gasteiger partial charge in [-0.25, -0.2) is 9.69 Å². The van der Waals surface area contributed by atoms with E-state index in [1.54, 1.807) is 12.1 Å². The molecule has 2 aromatic carbocycles. The molecule has 1 aliphatic rings. The van der Waals surface area contributed by atoms with Crippen molar-refractivity contribution in [2.45, 2.75) is 13.8 Å². The molecule has 0 saturated carbocycles. The fourth-order valence-electron chi connectivity index (χ4n) is 3.48. The van der Waals surface area contributed by atoms with Gasteiger partial charge < -0.3 is 4.57 Å². The number of amides is 4. The van der Waals surface area contributed by atoms with Crippen LogP contribution in [0.1, 0.15) is 16.7 Å². The van der Waals surface area contributed by atoms with Crippen LogP contribution < -0.4 is 10.2 Å². The normalized spacial score (nSPS) is 16.2. The molecular weight excluding hydrogens is 354 g/mol. The maximum Gasteiger partial charge on any atom is 0.335 e. The lowest BCUT2D eigenvalue weighted by molar-refractivity contribution is -0.122. The van der Waals surface area contributed by atoms with Crippen LogP contribution in [0.4, 0.5) is 10.5 Å². The second-order valence-electron chi connectivity index (χ2n) is 6.96. The van der Waals surface area contributed by atoms with Gasteiger partial charge >= 0.3 is 6.03 Å². The molecule has 0 aliphatic carbocycles. The molecule has 0 atom stereocenters. The maximum atomic E-state index is 13.1. The summed E-state index contributed by atoms with van der Waals surface area (Å²) in [5.41, 5.74) is 3.81.